The Morgan fingerprint density at radius 3 is 2.22 bits per heavy atom. The topological polar surface area (TPSA) is 26.3 Å². The molecule has 0 unspecified atom stereocenters. The minimum Gasteiger partial charge on any atom is -0.469 e. The van der Waals surface area contributed by atoms with Gasteiger partial charge in [0.05, 0.1) is 13.5 Å². The Labute approximate surface area is 110 Å². The molecule has 0 N–H and O–H groups in total. The Bertz CT molecular complexity index is 341. The van der Waals surface area contributed by atoms with E-state index < -0.39 is 0 Å². The van der Waals surface area contributed by atoms with E-state index in [9.17, 15) is 4.79 Å². The fraction of sp³-hybridized carbons (Fsp3) is 0.562. The molecular weight excluding hydrogens is 224 g/mol. The maximum atomic E-state index is 11.1. The van der Waals surface area contributed by atoms with Gasteiger partial charge in [-0.05, 0) is 24.0 Å². The molecule has 0 saturated carbocycles. The molecule has 0 amide bonds. The van der Waals surface area contributed by atoms with Crippen molar-refractivity contribution < 1.29 is 9.53 Å². The zero-order chi connectivity index (χ0) is 13.2. The van der Waals surface area contributed by atoms with E-state index in [1.165, 1.54) is 44.8 Å². The van der Waals surface area contributed by atoms with Gasteiger partial charge < -0.3 is 4.74 Å². The Morgan fingerprint density at radius 2 is 1.61 bits per heavy atom. The number of hydrogen-bond acceptors (Lipinski definition) is 2. The third kappa shape index (κ3) is 5.85. The summed E-state index contributed by atoms with van der Waals surface area (Å²) in [6.45, 7) is 2.24. The van der Waals surface area contributed by atoms with Crippen LogP contribution in [-0.4, -0.2) is 13.1 Å². The summed E-state index contributed by atoms with van der Waals surface area (Å²) >= 11 is 0. The Balaban J connectivity index is 2.29. The van der Waals surface area contributed by atoms with Gasteiger partial charge in [-0.2, -0.15) is 0 Å². The molecule has 1 aromatic carbocycles. The van der Waals surface area contributed by atoms with Crippen LogP contribution >= 0.6 is 0 Å². The lowest BCUT2D eigenvalue weighted by atomic mass is 10.0. The smallest absolute Gasteiger partial charge is 0.309 e. The standard InChI is InChI=1S/C16H24O2/c1-3-4-5-6-7-8-14-9-11-15(12-10-14)13-16(17)18-2/h9-12H,3-8,13H2,1-2H3. The summed E-state index contributed by atoms with van der Waals surface area (Å²) in [6, 6.07) is 8.30. The van der Waals surface area contributed by atoms with E-state index in [-0.39, 0.29) is 5.97 Å². The van der Waals surface area contributed by atoms with Crippen molar-refractivity contribution in [3.05, 3.63) is 35.4 Å². The van der Waals surface area contributed by atoms with Crippen molar-refractivity contribution in [2.24, 2.45) is 0 Å². The number of esters is 1. The average Bonchev–Trinajstić information content (AvgIpc) is 2.40. The second-order valence-corrected chi connectivity index (χ2v) is 4.73. The molecular formula is C16H24O2. The number of carbonyl (C=O) groups excluding carboxylic acids is 1. The molecule has 0 aliphatic heterocycles. The largest absolute Gasteiger partial charge is 0.469 e. The lowest BCUT2D eigenvalue weighted by molar-refractivity contribution is -0.139. The van der Waals surface area contributed by atoms with Crippen molar-refractivity contribution >= 4 is 5.97 Å². The SMILES string of the molecule is CCCCCCCc1ccc(CC(=O)OC)cc1. The van der Waals surface area contributed by atoms with Gasteiger partial charge in [-0.3, -0.25) is 4.79 Å². The van der Waals surface area contributed by atoms with Gasteiger partial charge in [0.1, 0.15) is 0 Å². The first kappa shape index (κ1) is 14.7. The summed E-state index contributed by atoms with van der Waals surface area (Å²) in [5.74, 6) is -0.178. The van der Waals surface area contributed by atoms with Crippen molar-refractivity contribution in [2.45, 2.75) is 51.9 Å². The molecule has 0 fully saturated rings. The monoisotopic (exact) mass is 248 g/mol. The van der Waals surface area contributed by atoms with Crippen molar-refractivity contribution in [2.75, 3.05) is 7.11 Å². The van der Waals surface area contributed by atoms with Crippen LogP contribution in [0.1, 0.15) is 50.2 Å². The van der Waals surface area contributed by atoms with Gasteiger partial charge in [0, 0.05) is 0 Å². The molecule has 0 bridgehead atoms. The average molecular weight is 248 g/mol. The van der Waals surface area contributed by atoms with Crippen LogP contribution in [0.25, 0.3) is 0 Å². The van der Waals surface area contributed by atoms with Crippen molar-refractivity contribution in [3.63, 3.8) is 0 Å². The lowest BCUT2D eigenvalue weighted by Crippen LogP contribution is -2.04. The first-order valence-electron chi connectivity index (χ1n) is 6.91. The quantitative estimate of drug-likeness (QED) is 0.515. The lowest BCUT2D eigenvalue weighted by Gasteiger charge is -2.04. The molecule has 0 aliphatic carbocycles. The summed E-state index contributed by atoms with van der Waals surface area (Å²) in [7, 11) is 1.42. The number of benzene rings is 1. The number of carbonyl (C=O) groups is 1. The highest BCUT2D eigenvalue weighted by molar-refractivity contribution is 5.72. The van der Waals surface area contributed by atoms with Gasteiger partial charge in [0.15, 0.2) is 0 Å². The normalized spacial score (nSPS) is 10.3. The van der Waals surface area contributed by atoms with Crippen LogP contribution in [0.3, 0.4) is 0 Å². The van der Waals surface area contributed by atoms with Crippen LogP contribution in [0.4, 0.5) is 0 Å². The minimum atomic E-state index is -0.178. The van der Waals surface area contributed by atoms with E-state index in [2.05, 4.69) is 23.8 Å². The zero-order valence-corrected chi connectivity index (χ0v) is 11.6. The molecule has 0 aromatic heterocycles. The van der Waals surface area contributed by atoms with Crippen LogP contribution in [0.2, 0.25) is 0 Å². The fourth-order valence-corrected chi connectivity index (χ4v) is 2.00. The number of ether oxygens (including phenoxy) is 1. The molecule has 0 heterocycles. The molecule has 100 valence electrons. The number of unbranched alkanes of at least 4 members (excludes halogenated alkanes) is 4. The predicted octanol–water partition coefficient (Wildman–Crippen LogP) is 3.92. The van der Waals surface area contributed by atoms with E-state index in [1.807, 2.05) is 12.1 Å². The van der Waals surface area contributed by atoms with Gasteiger partial charge in [-0.25, -0.2) is 0 Å². The summed E-state index contributed by atoms with van der Waals surface area (Å²) in [5.41, 5.74) is 2.39. The van der Waals surface area contributed by atoms with Gasteiger partial charge >= 0.3 is 5.97 Å². The highest BCUT2D eigenvalue weighted by Crippen LogP contribution is 2.11. The second-order valence-electron chi connectivity index (χ2n) is 4.73. The molecule has 0 atom stereocenters. The van der Waals surface area contributed by atoms with Crippen LogP contribution in [0.5, 0.6) is 0 Å². The van der Waals surface area contributed by atoms with Crippen molar-refractivity contribution in [3.8, 4) is 0 Å². The summed E-state index contributed by atoms with van der Waals surface area (Å²) in [6.07, 6.45) is 8.07. The van der Waals surface area contributed by atoms with E-state index in [0.717, 1.165) is 12.0 Å². The highest BCUT2D eigenvalue weighted by Gasteiger charge is 2.02. The molecule has 0 spiro atoms. The molecule has 0 saturated heterocycles. The zero-order valence-electron chi connectivity index (χ0n) is 11.6. The number of aryl methyl sites for hydroxylation is 1. The molecule has 18 heavy (non-hydrogen) atoms. The predicted molar refractivity (Wildman–Crippen MR) is 74.6 cm³/mol. The summed E-state index contributed by atoms with van der Waals surface area (Å²) in [5, 5.41) is 0. The maximum absolute atomic E-state index is 11.1. The third-order valence-corrected chi connectivity index (χ3v) is 3.17. The van der Waals surface area contributed by atoms with Crippen molar-refractivity contribution in [1.82, 2.24) is 0 Å². The van der Waals surface area contributed by atoms with E-state index in [0.29, 0.717) is 6.42 Å². The number of methoxy groups -OCH3 is 1. The molecule has 2 heteroatoms. The molecule has 1 rings (SSSR count). The summed E-state index contributed by atoms with van der Waals surface area (Å²) < 4.78 is 4.65. The first-order chi connectivity index (χ1) is 8.76. The van der Waals surface area contributed by atoms with Crippen LogP contribution in [0, 0.1) is 0 Å². The highest BCUT2D eigenvalue weighted by atomic mass is 16.5. The minimum absolute atomic E-state index is 0.178. The Morgan fingerprint density at radius 1 is 1.00 bits per heavy atom. The molecule has 0 radical (unpaired) electrons. The first-order valence-corrected chi connectivity index (χ1v) is 6.91. The fourth-order valence-electron chi connectivity index (χ4n) is 2.00. The van der Waals surface area contributed by atoms with E-state index in [1.54, 1.807) is 0 Å². The van der Waals surface area contributed by atoms with Gasteiger partial charge in [-0.1, -0.05) is 56.9 Å². The Hall–Kier alpha value is -1.31. The maximum Gasteiger partial charge on any atom is 0.309 e. The molecule has 0 aliphatic rings. The van der Waals surface area contributed by atoms with E-state index in [4.69, 9.17) is 0 Å². The van der Waals surface area contributed by atoms with Gasteiger partial charge in [-0.15, -0.1) is 0 Å². The van der Waals surface area contributed by atoms with Crippen molar-refractivity contribution in [1.29, 1.82) is 0 Å². The van der Waals surface area contributed by atoms with Gasteiger partial charge in [0.25, 0.3) is 0 Å². The Kier molecular flexibility index (Phi) is 7.16. The number of rotatable bonds is 8. The molecule has 1 aromatic rings. The van der Waals surface area contributed by atoms with Crippen LogP contribution in [-0.2, 0) is 22.4 Å². The third-order valence-electron chi connectivity index (χ3n) is 3.17. The van der Waals surface area contributed by atoms with Crippen LogP contribution in [0.15, 0.2) is 24.3 Å². The summed E-state index contributed by atoms with van der Waals surface area (Å²) in [4.78, 5) is 11.1. The number of hydrogen-bond donors (Lipinski definition) is 0. The van der Waals surface area contributed by atoms with Gasteiger partial charge in [0.2, 0.25) is 0 Å². The van der Waals surface area contributed by atoms with Crippen LogP contribution < -0.4 is 0 Å². The molecule has 2 nitrogen and oxygen atoms in total. The second kappa shape index (κ2) is 8.73. The van der Waals surface area contributed by atoms with E-state index >= 15 is 0 Å².